The number of ether oxygens (including phenoxy) is 2. The minimum Gasteiger partial charge on any atom is -0.376 e. The van der Waals surface area contributed by atoms with Gasteiger partial charge in [-0.05, 0) is 18.6 Å². The van der Waals surface area contributed by atoms with Crippen molar-refractivity contribution >= 4 is 11.6 Å². The van der Waals surface area contributed by atoms with Crippen molar-refractivity contribution in [3.63, 3.8) is 0 Å². The largest absolute Gasteiger partial charge is 0.376 e. The number of rotatable bonds is 5. The van der Waals surface area contributed by atoms with Gasteiger partial charge < -0.3 is 9.47 Å². The van der Waals surface area contributed by atoms with Gasteiger partial charge in [0, 0.05) is 5.56 Å². The van der Waals surface area contributed by atoms with Crippen molar-refractivity contribution in [2.24, 2.45) is 0 Å². The van der Waals surface area contributed by atoms with Gasteiger partial charge in [-0.1, -0.05) is 28.9 Å². The zero-order valence-corrected chi connectivity index (χ0v) is 12.0. The molecule has 0 unspecified atom stereocenters. The van der Waals surface area contributed by atoms with Gasteiger partial charge in [0.25, 0.3) is 0 Å². The van der Waals surface area contributed by atoms with E-state index in [-0.39, 0.29) is 6.10 Å². The molecule has 1 fully saturated rings. The number of hydrogen-bond donors (Lipinski definition) is 0. The van der Waals surface area contributed by atoms with Crippen LogP contribution in [0.3, 0.4) is 0 Å². The number of aromatic nitrogens is 3. The molecule has 0 aliphatic carbocycles. The molecule has 20 heavy (non-hydrogen) atoms. The van der Waals surface area contributed by atoms with E-state index in [1.807, 2.05) is 31.3 Å². The van der Waals surface area contributed by atoms with Crippen molar-refractivity contribution in [1.82, 2.24) is 15.0 Å². The normalized spacial score (nSPS) is 15.3. The highest BCUT2D eigenvalue weighted by Crippen LogP contribution is 2.26. The number of hydrogen-bond acceptors (Lipinski definition) is 4. The molecule has 0 amide bonds. The van der Waals surface area contributed by atoms with Crippen LogP contribution in [0.5, 0.6) is 0 Å². The minimum absolute atomic E-state index is 0.240. The first-order valence-corrected chi connectivity index (χ1v) is 6.96. The maximum Gasteiger partial charge on any atom is 0.114 e. The number of benzene rings is 1. The van der Waals surface area contributed by atoms with Crippen molar-refractivity contribution in [3.8, 4) is 11.3 Å². The summed E-state index contributed by atoms with van der Waals surface area (Å²) in [5.41, 5.74) is 2.81. The molecule has 0 radical (unpaired) electrons. The molecule has 0 atom stereocenters. The second kappa shape index (κ2) is 5.91. The van der Waals surface area contributed by atoms with Crippen LogP contribution in [0.2, 0.25) is 5.02 Å². The summed E-state index contributed by atoms with van der Waals surface area (Å²) >= 11 is 6.23. The summed E-state index contributed by atoms with van der Waals surface area (Å²) in [5.74, 6) is 0. The Morgan fingerprint density at radius 2 is 2.30 bits per heavy atom. The van der Waals surface area contributed by atoms with Gasteiger partial charge in [0.15, 0.2) is 0 Å². The predicted molar refractivity (Wildman–Crippen MR) is 75.8 cm³/mol. The minimum atomic E-state index is 0.240. The molecule has 1 saturated heterocycles. The van der Waals surface area contributed by atoms with E-state index in [1.54, 1.807) is 4.68 Å². The molecule has 0 saturated carbocycles. The second-order valence-corrected chi connectivity index (χ2v) is 5.29. The maximum atomic E-state index is 6.23. The van der Waals surface area contributed by atoms with Crippen LogP contribution < -0.4 is 0 Å². The quantitative estimate of drug-likeness (QED) is 0.849. The molecule has 0 bridgehead atoms. The van der Waals surface area contributed by atoms with Gasteiger partial charge in [0.05, 0.1) is 37.6 Å². The molecule has 1 aliphatic heterocycles. The van der Waals surface area contributed by atoms with Crippen LogP contribution in [-0.4, -0.2) is 40.9 Å². The van der Waals surface area contributed by atoms with E-state index in [1.165, 1.54) is 0 Å². The summed E-state index contributed by atoms with van der Waals surface area (Å²) in [5, 5.41) is 8.95. The first-order valence-electron chi connectivity index (χ1n) is 6.58. The Kier molecular flexibility index (Phi) is 4.00. The van der Waals surface area contributed by atoms with Gasteiger partial charge in [-0.2, -0.15) is 0 Å². The first-order chi connectivity index (χ1) is 9.72. The Balaban J connectivity index is 1.63. The van der Waals surface area contributed by atoms with E-state index in [0.717, 1.165) is 16.8 Å². The van der Waals surface area contributed by atoms with Crippen molar-refractivity contribution in [2.45, 2.75) is 19.6 Å². The summed E-state index contributed by atoms with van der Waals surface area (Å²) in [7, 11) is 0. The Morgan fingerprint density at radius 3 is 3.00 bits per heavy atom. The Morgan fingerprint density at radius 1 is 1.45 bits per heavy atom. The molecule has 1 aliphatic rings. The van der Waals surface area contributed by atoms with Gasteiger partial charge >= 0.3 is 0 Å². The average molecular weight is 294 g/mol. The molecule has 2 heterocycles. The molecule has 3 rings (SSSR count). The standard InChI is InChI=1S/C14H16ClN3O2/c1-10-2-3-12(13(15)6-10)14-7-18(17-16-14)4-5-20-11-8-19-9-11/h2-3,6-7,11H,4-5,8-9H2,1H3. The highest BCUT2D eigenvalue weighted by atomic mass is 35.5. The van der Waals surface area contributed by atoms with Crippen molar-refractivity contribution < 1.29 is 9.47 Å². The van der Waals surface area contributed by atoms with Gasteiger partial charge in [0.2, 0.25) is 0 Å². The zero-order valence-electron chi connectivity index (χ0n) is 11.3. The van der Waals surface area contributed by atoms with Crippen LogP contribution in [0.1, 0.15) is 5.56 Å². The number of nitrogens with zero attached hydrogens (tertiary/aromatic N) is 3. The fourth-order valence-corrected chi connectivity index (χ4v) is 2.31. The third-order valence-corrected chi connectivity index (χ3v) is 3.53. The van der Waals surface area contributed by atoms with Gasteiger partial charge in [-0.3, -0.25) is 0 Å². The van der Waals surface area contributed by atoms with Crippen molar-refractivity contribution in [1.29, 1.82) is 0 Å². The van der Waals surface area contributed by atoms with Gasteiger partial charge in [0.1, 0.15) is 11.8 Å². The van der Waals surface area contributed by atoms with E-state index in [9.17, 15) is 0 Å². The third-order valence-electron chi connectivity index (χ3n) is 3.22. The molecule has 106 valence electrons. The lowest BCUT2D eigenvalue weighted by molar-refractivity contribution is -0.131. The van der Waals surface area contributed by atoms with Crippen LogP contribution in [0.4, 0.5) is 0 Å². The summed E-state index contributed by atoms with van der Waals surface area (Å²) in [4.78, 5) is 0. The molecule has 0 spiro atoms. The van der Waals surface area contributed by atoms with Crippen LogP contribution in [-0.2, 0) is 16.0 Å². The SMILES string of the molecule is Cc1ccc(-c2cn(CCOC3COC3)nn2)c(Cl)c1. The lowest BCUT2D eigenvalue weighted by atomic mass is 10.1. The summed E-state index contributed by atoms with van der Waals surface area (Å²) in [6.45, 7) is 4.68. The molecular weight excluding hydrogens is 278 g/mol. The van der Waals surface area contributed by atoms with Crippen LogP contribution in [0, 0.1) is 6.92 Å². The fourth-order valence-electron chi connectivity index (χ4n) is 1.98. The number of aryl methyl sites for hydroxylation is 1. The second-order valence-electron chi connectivity index (χ2n) is 4.88. The Hall–Kier alpha value is -1.43. The number of halogens is 1. The fraction of sp³-hybridized carbons (Fsp3) is 0.429. The van der Waals surface area contributed by atoms with Gasteiger partial charge in [-0.25, -0.2) is 4.68 Å². The third kappa shape index (κ3) is 3.00. The molecule has 6 heteroatoms. The Labute approximate surface area is 122 Å². The van der Waals surface area contributed by atoms with Gasteiger partial charge in [-0.15, -0.1) is 5.10 Å². The molecule has 0 N–H and O–H groups in total. The summed E-state index contributed by atoms with van der Waals surface area (Å²) in [6.07, 6.45) is 2.13. The zero-order chi connectivity index (χ0) is 13.9. The summed E-state index contributed by atoms with van der Waals surface area (Å²) in [6, 6.07) is 5.91. The molecule has 2 aromatic rings. The smallest absolute Gasteiger partial charge is 0.114 e. The van der Waals surface area contributed by atoms with Crippen molar-refractivity contribution in [3.05, 3.63) is 35.0 Å². The lowest BCUT2D eigenvalue weighted by Crippen LogP contribution is -2.36. The lowest BCUT2D eigenvalue weighted by Gasteiger charge is -2.25. The molecule has 1 aromatic heterocycles. The van der Waals surface area contributed by atoms with Crippen molar-refractivity contribution in [2.75, 3.05) is 19.8 Å². The van der Waals surface area contributed by atoms with Crippen LogP contribution >= 0.6 is 11.6 Å². The average Bonchev–Trinajstić information content (AvgIpc) is 2.81. The maximum absolute atomic E-state index is 6.23. The Bertz CT molecular complexity index is 596. The van der Waals surface area contributed by atoms with E-state index >= 15 is 0 Å². The summed E-state index contributed by atoms with van der Waals surface area (Å²) < 4.78 is 12.4. The first kappa shape index (κ1) is 13.5. The monoisotopic (exact) mass is 293 g/mol. The van der Waals surface area contributed by atoms with E-state index < -0.39 is 0 Å². The van der Waals surface area contributed by atoms with E-state index in [2.05, 4.69) is 10.3 Å². The predicted octanol–water partition coefficient (Wildman–Crippen LogP) is 2.32. The molecule has 1 aromatic carbocycles. The molecular formula is C14H16ClN3O2. The highest BCUT2D eigenvalue weighted by molar-refractivity contribution is 6.33. The highest BCUT2D eigenvalue weighted by Gasteiger charge is 2.18. The molecule has 5 nitrogen and oxygen atoms in total. The van der Waals surface area contributed by atoms with Crippen LogP contribution in [0.15, 0.2) is 24.4 Å². The van der Waals surface area contributed by atoms with E-state index in [4.69, 9.17) is 21.1 Å². The van der Waals surface area contributed by atoms with Crippen LogP contribution in [0.25, 0.3) is 11.3 Å². The van der Waals surface area contributed by atoms with E-state index in [0.29, 0.717) is 31.4 Å². The topological polar surface area (TPSA) is 49.2 Å².